The molecule has 0 saturated carbocycles. The van der Waals surface area contributed by atoms with E-state index in [-0.39, 0.29) is 0 Å². The summed E-state index contributed by atoms with van der Waals surface area (Å²) in [6.45, 7) is 4.80. The number of nitrogens with zero attached hydrogens (tertiary/aromatic N) is 1. The van der Waals surface area contributed by atoms with E-state index < -0.39 is 0 Å². The van der Waals surface area contributed by atoms with Crippen molar-refractivity contribution in [1.29, 1.82) is 0 Å². The van der Waals surface area contributed by atoms with E-state index in [1.54, 1.807) is 11.1 Å². The molecule has 2 aromatic carbocycles. The number of hydrogen-bond donors (Lipinski definition) is 0. The molecule has 0 radical (unpaired) electrons. The maximum absolute atomic E-state index is 2.71. The number of hydrogen-bond acceptors (Lipinski definition) is 1. The van der Waals surface area contributed by atoms with Crippen LogP contribution in [0.2, 0.25) is 0 Å². The smallest absolute Gasteiger partial charge is 0.0236 e. The largest absolute Gasteiger partial charge is 0.295 e. The Morgan fingerprint density at radius 1 is 1.00 bits per heavy atom. The van der Waals surface area contributed by atoms with E-state index in [0.29, 0.717) is 6.04 Å². The fraction of sp³-hybridized carbons (Fsp3) is 0.400. The van der Waals surface area contributed by atoms with Crippen LogP contribution in [0.5, 0.6) is 0 Å². The monoisotopic (exact) mass is 277 g/mol. The highest BCUT2D eigenvalue weighted by Gasteiger charge is 2.40. The second-order valence-electron chi connectivity index (χ2n) is 6.68. The van der Waals surface area contributed by atoms with Crippen LogP contribution in [0.1, 0.15) is 36.0 Å². The normalized spacial score (nSPS) is 28.1. The zero-order valence-corrected chi connectivity index (χ0v) is 12.7. The molecule has 0 spiro atoms. The number of rotatable bonds is 2. The molecule has 0 N–H and O–H groups in total. The highest BCUT2D eigenvalue weighted by molar-refractivity contribution is 5.36. The summed E-state index contributed by atoms with van der Waals surface area (Å²) < 4.78 is 0. The summed E-state index contributed by atoms with van der Waals surface area (Å²) in [6.07, 6.45) is 2.53. The fourth-order valence-corrected chi connectivity index (χ4v) is 4.41. The molecule has 108 valence electrons. The number of likely N-dealkylation sites (tertiary alicyclic amines) is 1. The van der Waals surface area contributed by atoms with Gasteiger partial charge >= 0.3 is 0 Å². The van der Waals surface area contributed by atoms with Crippen molar-refractivity contribution in [2.75, 3.05) is 6.54 Å². The van der Waals surface area contributed by atoms with Crippen molar-refractivity contribution in [3.8, 4) is 0 Å². The van der Waals surface area contributed by atoms with Crippen LogP contribution in [0.4, 0.5) is 0 Å². The highest BCUT2D eigenvalue weighted by Crippen LogP contribution is 2.44. The molecule has 4 rings (SSSR count). The Balaban J connectivity index is 1.61. The standard InChI is InChI=1S/C20H23N/c1-15-18-11-12-21(14-16-7-3-2-4-8-16)20(15)13-17-9-5-6-10-19(17)18/h2-10,15,18,20H,11-14H2,1H3/t15-,18-,20-/m0/s1. The second kappa shape index (κ2) is 5.31. The maximum atomic E-state index is 2.71. The first-order chi connectivity index (χ1) is 10.3. The van der Waals surface area contributed by atoms with Crippen molar-refractivity contribution >= 4 is 0 Å². The van der Waals surface area contributed by atoms with Gasteiger partial charge in [-0.25, -0.2) is 0 Å². The van der Waals surface area contributed by atoms with E-state index >= 15 is 0 Å². The molecule has 1 heteroatoms. The van der Waals surface area contributed by atoms with Gasteiger partial charge < -0.3 is 0 Å². The molecule has 2 aromatic rings. The van der Waals surface area contributed by atoms with Crippen LogP contribution in [-0.4, -0.2) is 17.5 Å². The minimum atomic E-state index is 0.707. The van der Waals surface area contributed by atoms with Crippen molar-refractivity contribution in [2.45, 2.75) is 38.3 Å². The molecule has 1 saturated heterocycles. The van der Waals surface area contributed by atoms with E-state index in [1.807, 2.05) is 0 Å². The van der Waals surface area contributed by atoms with E-state index in [4.69, 9.17) is 0 Å². The van der Waals surface area contributed by atoms with Crippen molar-refractivity contribution in [1.82, 2.24) is 4.90 Å². The van der Waals surface area contributed by atoms with Gasteiger partial charge in [-0.15, -0.1) is 0 Å². The average Bonchev–Trinajstić information content (AvgIpc) is 2.51. The van der Waals surface area contributed by atoms with Gasteiger partial charge in [-0.1, -0.05) is 61.5 Å². The molecular formula is C20H23N. The van der Waals surface area contributed by atoms with Gasteiger partial charge in [-0.3, -0.25) is 4.90 Å². The van der Waals surface area contributed by atoms with Gasteiger partial charge in [0, 0.05) is 12.6 Å². The zero-order chi connectivity index (χ0) is 14.2. The lowest BCUT2D eigenvalue weighted by atomic mass is 9.68. The molecular weight excluding hydrogens is 254 g/mol. The molecule has 0 amide bonds. The predicted octanol–water partition coefficient (Wildman–Crippen LogP) is 4.24. The Morgan fingerprint density at radius 2 is 1.76 bits per heavy atom. The third-order valence-electron chi connectivity index (χ3n) is 5.55. The molecule has 1 aliphatic carbocycles. The van der Waals surface area contributed by atoms with Crippen LogP contribution >= 0.6 is 0 Å². The lowest BCUT2D eigenvalue weighted by molar-refractivity contribution is 0.0673. The third kappa shape index (κ3) is 2.30. The Bertz CT molecular complexity index is 619. The first kappa shape index (κ1) is 13.1. The van der Waals surface area contributed by atoms with Crippen molar-refractivity contribution in [3.05, 3.63) is 71.3 Å². The van der Waals surface area contributed by atoms with Gasteiger partial charge in [0.05, 0.1) is 0 Å². The van der Waals surface area contributed by atoms with E-state index in [0.717, 1.165) is 18.4 Å². The summed E-state index contributed by atoms with van der Waals surface area (Å²) in [7, 11) is 0. The minimum Gasteiger partial charge on any atom is -0.295 e. The summed E-state index contributed by atoms with van der Waals surface area (Å²) >= 11 is 0. The summed E-state index contributed by atoms with van der Waals surface area (Å²) in [5.41, 5.74) is 4.66. The lowest BCUT2D eigenvalue weighted by Crippen LogP contribution is -2.50. The molecule has 21 heavy (non-hydrogen) atoms. The van der Waals surface area contributed by atoms with Gasteiger partial charge in [0.1, 0.15) is 0 Å². The van der Waals surface area contributed by atoms with Crippen molar-refractivity contribution < 1.29 is 0 Å². The van der Waals surface area contributed by atoms with E-state index in [1.165, 1.54) is 24.9 Å². The topological polar surface area (TPSA) is 3.24 Å². The highest BCUT2D eigenvalue weighted by atomic mass is 15.2. The van der Waals surface area contributed by atoms with Crippen LogP contribution in [0.25, 0.3) is 0 Å². The van der Waals surface area contributed by atoms with Crippen molar-refractivity contribution in [2.24, 2.45) is 5.92 Å². The van der Waals surface area contributed by atoms with Crippen LogP contribution in [0.3, 0.4) is 0 Å². The SMILES string of the molecule is C[C@H]1[C@@H]2CCN(Cc3ccccc3)[C@H]1Cc1ccccc12. The number of fused-ring (bicyclic) bond motifs is 4. The molecule has 1 heterocycles. The average molecular weight is 277 g/mol. The van der Waals surface area contributed by atoms with E-state index in [2.05, 4.69) is 66.4 Å². The molecule has 1 fully saturated rings. The maximum Gasteiger partial charge on any atom is 0.0236 e. The van der Waals surface area contributed by atoms with Crippen LogP contribution < -0.4 is 0 Å². The quantitative estimate of drug-likeness (QED) is 0.793. The molecule has 1 nitrogen and oxygen atoms in total. The van der Waals surface area contributed by atoms with Gasteiger partial charge in [0.15, 0.2) is 0 Å². The first-order valence-corrected chi connectivity index (χ1v) is 8.18. The Labute approximate surface area is 127 Å². The third-order valence-corrected chi connectivity index (χ3v) is 5.55. The van der Waals surface area contributed by atoms with Crippen molar-refractivity contribution in [3.63, 3.8) is 0 Å². The molecule has 3 atom stereocenters. The van der Waals surface area contributed by atoms with Gasteiger partial charge in [-0.05, 0) is 47.9 Å². The zero-order valence-electron chi connectivity index (χ0n) is 12.7. The molecule has 2 bridgehead atoms. The predicted molar refractivity (Wildman–Crippen MR) is 87.3 cm³/mol. The first-order valence-electron chi connectivity index (χ1n) is 8.18. The molecule has 0 aromatic heterocycles. The Kier molecular flexibility index (Phi) is 3.31. The van der Waals surface area contributed by atoms with Gasteiger partial charge in [-0.2, -0.15) is 0 Å². The number of benzene rings is 2. The summed E-state index contributed by atoms with van der Waals surface area (Å²) in [5, 5.41) is 0. The van der Waals surface area contributed by atoms with Crippen LogP contribution in [0.15, 0.2) is 54.6 Å². The molecule has 0 unspecified atom stereocenters. The molecule has 2 aliphatic rings. The van der Waals surface area contributed by atoms with Gasteiger partial charge in [0.2, 0.25) is 0 Å². The second-order valence-corrected chi connectivity index (χ2v) is 6.68. The minimum absolute atomic E-state index is 0.707. The Morgan fingerprint density at radius 3 is 2.62 bits per heavy atom. The summed E-state index contributed by atoms with van der Waals surface area (Å²) in [6, 6.07) is 20.7. The van der Waals surface area contributed by atoms with Crippen LogP contribution in [-0.2, 0) is 13.0 Å². The summed E-state index contributed by atoms with van der Waals surface area (Å²) in [4.78, 5) is 2.71. The fourth-order valence-electron chi connectivity index (χ4n) is 4.41. The molecule has 1 aliphatic heterocycles. The lowest BCUT2D eigenvalue weighted by Gasteiger charge is -2.48. The van der Waals surface area contributed by atoms with Crippen LogP contribution in [0, 0.1) is 5.92 Å². The summed E-state index contributed by atoms with van der Waals surface area (Å²) in [5.74, 6) is 1.55. The van der Waals surface area contributed by atoms with Gasteiger partial charge in [0.25, 0.3) is 0 Å². The number of piperidine rings is 1. The van der Waals surface area contributed by atoms with E-state index in [9.17, 15) is 0 Å². The Hall–Kier alpha value is -1.60.